The third-order valence-corrected chi connectivity index (χ3v) is 5.60. The van der Waals surface area contributed by atoms with Crippen molar-refractivity contribution in [1.29, 1.82) is 0 Å². The molecule has 2 rings (SSSR count). The number of nitrogens with zero attached hydrogens (tertiary/aromatic N) is 1. The van der Waals surface area contributed by atoms with Gasteiger partial charge in [-0.1, -0.05) is 17.4 Å². The molecule has 0 aliphatic carbocycles. The Kier molecular flexibility index (Phi) is 3.94. The van der Waals surface area contributed by atoms with Crippen LogP contribution in [0.5, 0.6) is 0 Å². The summed E-state index contributed by atoms with van der Waals surface area (Å²) < 4.78 is 36.1. The van der Waals surface area contributed by atoms with Gasteiger partial charge in [-0.3, -0.25) is 0 Å². The summed E-state index contributed by atoms with van der Waals surface area (Å²) in [6.07, 6.45) is 0.344. The maximum absolute atomic E-state index is 10.9. The molecule has 0 bridgehead atoms. The molecule has 0 saturated carbocycles. The highest BCUT2D eigenvalue weighted by Gasteiger charge is 2.19. The Morgan fingerprint density at radius 2 is 2.05 bits per heavy atom. The monoisotopic (exact) mass is 299 g/mol. The van der Waals surface area contributed by atoms with Crippen molar-refractivity contribution in [3.05, 3.63) is 28.8 Å². The normalized spacial score (nSPS) is 13.9. The number of hydrogen-bond acceptors (Lipinski definition) is 4. The molecule has 0 aliphatic heterocycles. The van der Waals surface area contributed by atoms with Gasteiger partial charge in [0.2, 0.25) is 10.5 Å². The molecule has 104 valence electrons. The lowest BCUT2D eigenvalue weighted by molar-refractivity contribution is -0.673. The SMILES string of the molecule is Cc1ccc2sc(C)[n+](CC[C@H](C)S(=O)(=O)[O-])c2c1. The summed E-state index contributed by atoms with van der Waals surface area (Å²) in [5, 5.41) is 0.273. The highest BCUT2D eigenvalue weighted by molar-refractivity contribution is 7.86. The number of fused-ring (bicyclic) bond motifs is 1. The van der Waals surface area contributed by atoms with Gasteiger partial charge in [0.1, 0.15) is 4.70 Å². The molecule has 6 heteroatoms. The van der Waals surface area contributed by atoms with E-state index in [1.807, 2.05) is 13.8 Å². The first-order chi connectivity index (χ1) is 8.79. The van der Waals surface area contributed by atoms with Crippen LogP contribution in [-0.2, 0) is 16.7 Å². The minimum Gasteiger partial charge on any atom is -0.748 e. The van der Waals surface area contributed by atoms with Gasteiger partial charge in [-0.05, 0) is 25.5 Å². The Balaban J connectivity index is 2.30. The summed E-state index contributed by atoms with van der Waals surface area (Å²) in [7, 11) is -4.19. The van der Waals surface area contributed by atoms with E-state index in [-0.39, 0.29) is 0 Å². The first-order valence-electron chi connectivity index (χ1n) is 6.13. The average molecular weight is 299 g/mol. The number of thiazole rings is 1. The van der Waals surface area contributed by atoms with Crippen LogP contribution in [0.1, 0.15) is 23.9 Å². The second-order valence-electron chi connectivity index (χ2n) is 4.84. The number of aromatic nitrogens is 1. The van der Waals surface area contributed by atoms with Gasteiger partial charge in [-0.25, -0.2) is 8.42 Å². The standard InChI is InChI=1S/C13H17NO3S2/c1-9-4-5-13-12(8-9)14(11(3)18-13)7-6-10(2)19(15,16)17/h4-5,8,10H,6-7H2,1-3H3/t10-/m0/s1. The lowest BCUT2D eigenvalue weighted by Gasteiger charge is -2.13. The fourth-order valence-corrected chi connectivity index (χ4v) is 3.46. The van der Waals surface area contributed by atoms with Crippen molar-refractivity contribution in [2.24, 2.45) is 0 Å². The van der Waals surface area contributed by atoms with Crippen LogP contribution in [0.15, 0.2) is 18.2 Å². The highest BCUT2D eigenvalue weighted by Crippen LogP contribution is 2.21. The van der Waals surface area contributed by atoms with Crippen LogP contribution in [0.25, 0.3) is 10.2 Å². The molecule has 0 N–H and O–H groups in total. The first-order valence-corrected chi connectivity index (χ1v) is 8.42. The molecular formula is C13H17NO3S2. The summed E-state index contributed by atoms with van der Waals surface area (Å²) in [5.74, 6) is 0. The van der Waals surface area contributed by atoms with Crippen molar-refractivity contribution >= 4 is 31.7 Å². The lowest BCUT2D eigenvalue weighted by Crippen LogP contribution is -2.37. The van der Waals surface area contributed by atoms with E-state index < -0.39 is 15.4 Å². The van der Waals surface area contributed by atoms with Gasteiger partial charge < -0.3 is 4.55 Å². The molecule has 0 saturated heterocycles. The third-order valence-electron chi connectivity index (χ3n) is 3.30. The number of hydrogen-bond donors (Lipinski definition) is 0. The van der Waals surface area contributed by atoms with E-state index in [0.717, 1.165) is 10.5 Å². The van der Waals surface area contributed by atoms with Crippen LogP contribution in [0, 0.1) is 13.8 Å². The smallest absolute Gasteiger partial charge is 0.235 e. The van der Waals surface area contributed by atoms with Gasteiger partial charge in [0.25, 0.3) is 0 Å². The van der Waals surface area contributed by atoms with Crippen molar-refractivity contribution in [3.8, 4) is 0 Å². The van der Waals surface area contributed by atoms with Crippen molar-refractivity contribution in [1.82, 2.24) is 0 Å². The van der Waals surface area contributed by atoms with E-state index in [1.165, 1.54) is 17.2 Å². The van der Waals surface area contributed by atoms with E-state index in [2.05, 4.69) is 22.8 Å². The van der Waals surface area contributed by atoms with Gasteiger partial charge in [-0.15, -0.1) is 0 Å². The Morgan fingerprint density at radius 3 is 2.68 bits per heavy atom. The van der Waals surface area contributed by atoms with Crippen LogP contribution in [0.2, 0.25) is 0 Å². The molecule has 1 aromatic heterocycles. The molecule has 4 nitrogen and oxygen atoms in total. The predicted molar refractivity (Wildman–Crippen MR) is 75.3 cm³/mol. The maximum atomic E-state index is 10.9. The topological polar surface area (TPSA) is 61.1 Å². The summed E-state index contributed by atoms with van der Waals surface area (Å²) in [5.41, 5.74) is 2.28. The van der Waals surface area contributed by atoms with E-state index in [9.17, 15) is 13.0 Å². The number of aryl methyl sites for hydroxylation is 3. The van der Waals surface area contributed by atoms with E-state index in [1.54, 1.807) is 11.3 Å². The zero-order valence-electron chi connectivity index (χ0n) is 11.2. The van der Waals surface area contributed by atoms with Crippen molar-refractivity contribution in [2.75, 3.05) is 0 Å². The highest BCUT2D eigenvalue weighted by atomic mass is 32.2. The summed E-state index contributed by atoms with van der Waals surface area (Å²) in [6.45, 7) is 6.06. The summed E-state index contributed by atoms with van der Waals surface area (Å²) in [6, 6.07) is 6.23. The Morgan fingerprint density at radius 1 is 1.37 bits per heavy atom. The molecular weight excluding hydrogens is 282 g/mol. The zero-order valence-corrected chi connectivity index (χ0v) is 12.8. The fourth-order valence-electron chi connectivity index (χ4n) is 2.04. The first kappa shape index (κ1) is 14.4. The van der Waals surface area contributed by atoms with Crippen molar-refractivity contribution in [3.63, 3.8) is 0 Å². The summed E-state index contributed by atoms with van der Waals surface area (Å²) in [4.78, 5) is 0. The van der Waals surface area contributed by atoms with E-state index in [4.69, 9.17) is 0 Å². The van der Waals surface area contributed by atoms with Gasteiger partial charge in [0, 0.05) is 19.4 Å². The minimum absolute atomic E-state index is 0.344. The molecule has 1 heterocycles. The van der Waals surface area contributed by atoms with Crippen molar-refractivity contribution in [2.45, 2.75) is 39.0 Å². The van der Waals surface area contributed by atoms with Crippen LogP contribution in [-0.4, -0.2) is 18.2 Å². The number of rotatable bonds is 4. The second-order valence-corrected chi connectivity index (χ2v) is 7.86. The molecule has 0 spiro atoms. The van der Waals surface area contributed by atoms with E-state index in [0.29, 0.717) is 13.0 Å². The van der Waals surface area contributed by atoms with Crippen LogP contribution in [0.4, 0.5) is 0 Å². The molecule has 0 unspecified atom stereocenters. The molecule has 1 aromatic carbocycles. The molecule has 0 fully saturated rings. The van der Waals surface area contributed by atoms with Crippen molar-refractivity contribution < 1.29 is 17.5 Å². The summed E-state index contributed by atoms with van der Waals surface area (Å²) >= 11 is 1.68. The minimum atomic E-state index is -4.19. The molecule has 1 atom stereocenters. The average Bonchev–Trinajstić information content (AvgIpc) is 2.60. The molecule has 0 amide bonds. The quantitative estimate of drug-likeness (QED) is 0.642. The molecule has 2 aromatic rings. The molecule has 0 aliphatic rings. The Hall–Kier alpha value is -0.980. The Labute approximate surface area is 117 Å². The third kappa shape index (κ3) is 3.13. The molecule has 0 radical (unpaired) electrons. The van der Waals surface area contributed by atoms with Gasteiger partial charge in [0.05, 0.1) is 15.4 Å². The van der Waals surface area contributed by atoms with Crippen LogP contribution < -0.4 is 4.57 Å². The second kappa shape index (κ2) is 5.19. The zero-order chi connectivity index (χ0) is 14.2. The Bertz CT molecular complexity index is 704. The number of benzene rings is 1. The predicted octanol–water partition coefficient (Wildman–Crippen LogP) is 2.13. The lowest BCUT2D eigenvalue weighted by atomic mass is 10.2. The molecule has 19 heavy (non-hydrogen) atoms. The largest absolute Gasteiger partial charge is 0.748 e. The van der Waals surface area contributed by atoms with E-state index >= 15 is 0 Å². The van der Waals surface area contributed by atoms with Crippen LogP contribution >= 0.6 is 11.3 Å². The van der Waals surface area contributed by atoms with Gasteiger partial charge >= 0.3 is 0 Å². The van der Waals surface area contributed by atoms with Gasteiger partial charge in [0.15, 0.2) is 6.54 Å². The van der Waals surface area contributed by atoms with Gasteiger partial charge in [-0.2, -0.15) is 4.57 Å². The fraction of sp³-hybridized carbons (Fsp3) is 0.462. The van der Waals surface area contributed by atoms with Crippen LogP contribution in [0.3, 0.4) is 0 Å². The maximum Gasteiger partial charge on any atom is 0.235 e.